The van der Waals surface area contributed by atoms with Crippen molar-refractivity contribution in [2.75, 3.05) is 13.1 Å². The number of carbonyl (C=O) groups excluding carboxylic acids is 1. The lowest BCUT2D eigenvalue weighted by atomic mass is 9.69. The second kappa shape index (κ2) is 12.0. The van der Waals surface area contributed by atoms with Gasteiger partial charge in [0.15, 0.2) is 0 Å². The van der Waals surface area contributed by atoms with E-state index in [0.29, 0.717) is 6.42 Å². The van der Waals surface area contributed by atoms with Gasteiger partial charge in [0.1, 0.15) is 11.9 Å². The Bertz CT molecular complexity index is 996. The molecule has 0 spiro atoms. The molecule has 3 aromatic carbocycles. The van der Waals surface area contributed by atoms with Crippen LogP contribution in [0.5, 0.6) is 5.75 Å². The third kappa shape index (κ3) is 6.12. The number of ether oxygens (including phenoxy) is 1. The maximum atomic E-state index is 13.1. The maximum absolute atomic E-state index is 13.1. The molecule has 0 aliphatic carbocycles. The molecule has 0 saturated carbocycles. The van der Waals surface area contributed by atoms with Crippen molar-refractivity contribution in [3.63, 3.8) is 0 Å². The van der Waals surface area contributed by atoms with Crippen LogP contribution in [0.4, 0.5) is 0 Å². The predicted octanol–water partition coefficient (Wildman–Crippen LogP) is 6.20. The number of rotatable bonds is 9. The van der Waals surface area contributed by atoms with Crippen LogP contribution in [0.15, 0.2) is 91.0 Å². The topological polar surface area (TPSA) is 55.6 Å². The highest BCUT2D eigenvalue weighted by Gasteiger charge is 2.43. The summed E-state index contributed by atoms with van der Waals surface area (Å²) in [6.07, 6.45) is 2.65. The van der Waals surface area contributed by atoms with E-state index in [1.54, 1.807) is 0 Å². The lowest BCUT2D eigenvalue weighted by molar-refractivity contribution is -0.122. The van der Waals surface area contributed by atoms with Crippen LogP contribution in [0.1, 0.15) is 58.1 Å². The van der Waals surface area contributed by atoms with Crippen LogP contribution >= 0.6 is 0 Å². The van der Waals surface area contributed by atoms with E-state index in [4.69, 9.17) is 10.5 Å². The standard InChI is InChI=1S/C29H34N2O2.C2H6/c1-28(2,31-21-18-26(22-31)33-25-16-10-5-11-17-25)19-20-29(27(30)32,23-12-6-3-7-13-23)24-14-8-4-9-15-24;1-2/h3-17,26H,18-22H2,1-2H3,(H2,30,32);1-2H3/t26-;/m0./s1. The minimum Gasteiger partial charge on any atom is -0.489 e. The number of para-hydroxylation sites is 1. The highest BCUT2D eigenvalue weighted by atomic mass is 16.5. The fourth-order valence-electron chi connectivity index (χ4n) is 5.03. The Hall–Kier alpha value is -3.11. The SMILES string of the molecule is CC.CC(C)(CCC(C(N)=O)(c1ccccc1)c1ccccc1)N1CC[C@H](Oc2ccccc2)C1. The molecule has 1 heterocycles. The lowest BCUT2D eigenvalue weighted by Crippen LogP contribution is -2.47. The molecule has 186 valence electrons. The number of carbonyl (C=O) groups is 1. The van der Waals surface area contributed by atoms with Gasteiger partial charge in [-0.3, -0.25) is 9.69 Å². The molecule has 1 atom stereocenters. The first kappa shape index (κ1) is 26.5. The first-order valence-corrected chi connectivity index (χ1v) is 12.8. The van der Waals surface area contributed by atoms with Crippen molar-refractivity contribution in [2.24, 2.45) is 5.73 Å². The third-order valence-electron chi connectivity index (χ3n) is 7.11. The van der Waals surface area contributed by atoms with Gasteiger partial charge >= 0.3 is 0 Å². The van der Waals surface area contributed by atoms with Gasteiger partial charge in [-0.25, -0.2) is 0 Å². The Balaban J connectivity index is 0.00000167. The number of amides is 1. The Kier molecular flexibility index (Phi) is 9.11. The van der Waals surface area contributed by atoms with Crippen molar-refractivity contribution in [2.45, 2.75) is 64.0 Å². The minimum atomic E-state index is -0.862. The zero-order chi connectivity index (χ0) is 25.3. The van der Waals surface area contributed by atoms with Gasteiger partial charge in [-0.2, -0.15) is 0 Å². The van der Waals surface area contributed by atoms with Crippen LogP contribution < -0.4 is 10.5 Å². The van der Waals surface area contributed by atoms with Gasteiger partial charge in [-0.1, -0.05) is 92.7 Å². The van der Waals surface area contributed by atoms with Gasteiger partial charge in [0, 0.05) is 18.6 Å². The molecule has 0 radical (unpaired) electrons. The van der Waals surface area contributed by atoms with E-state index in [9.17, 15) is 4.79 Å². The molecule has 0 unspecified atom stereocenters. The Morgan fingerprint density at radius 3 is 1.83 bits per heavy atom. The predicted molar refractivity (Wildman–Crippen MR) is 145 cm³/mol. The highest BCUT2D eigenvalue weighted by molar-refractivity contribution is 5.90. The van der Waals surface area contributed by atoms with Crippen molar-refractivity contribution in [3.8, 4) is 5.75 Å². The zero-order valence-electron chi connectivity index (χ0n) is 21.6. The van der Waals surface area contributed by atoms with Crippen molar-refractivity contribution in [1.82, 2.24) is 4.90 Å². The van der Waals surface area contributed by atoms with Gasteiger partial charge in [-0.05, 0) is 56.4 Å². The van der Waals surface area contributed by atoms with Crippen molar-refractivity contribution in [3.05, 3.63) is 102 Å². The Morgan fingerprint density at radius 2 is 1.34 bits per heavy atom. The smallest absolute Gasteiger partial charge is 0.232 e. The van der Waals surface area contributed by atoms with E-state index in [-0.39, 0.29) is 17.6 Å². The molecular weight excluding hydrogens is 432 g/mol. The monoisotopic (exact) mass is 472 g/mol. The molecule has 1 aliphatic heterocycles. The van der Waals surface area contributed by atoms with Crippen LogP contribution in [0, 0.1) is 0 Å². The number of hydrogen-bond donors (Lipinski definition) is 1. The summed E-state index contributed by atoms with van der Waals surface area (Å²) in [7, 11) is 0. The summed E-state index contributed by atoms with van der Waals surface area (Å²) < 4.78 is 6.21. The molecule has 0 bridgehead atoms. The van der Waals surface area contributed by atoms with Gasteiger partial charge in [0.2, 0.25) is 5.91 Å². The molecule has 4 rings (SSSR count). The second-order valence-corrected chi connectivity index (χ2v) is 9.60. The highest BCUT2D eigenvalue weighted by Crippen LogP contribution is 2.40. The van der Waals surface area contributed by atoms with E-state index < -0.39 is 5.41 Å². The molecule has 3 aromatic rings. The largest absolute Gasteiger partial charge is 0.489 e. The van der Waals surface area contributed by atoms with Gasteiger partial charge in [-0.15, -0.1) is 0 Å². The fourth-order valence-corrected chi connectivity index (χ4v) is 5.03. The molecule has 2 N–H and O–H groups in total. The van der Waals surface area contributed by atoms with E-state index in [0.717, 1.165) is 42.8 Å². The summed E-state index contributed by atoms with van der Waals surface area (Å²) in [6, 6.07) is 30.0. The van der Waals surface area contributed by atoms with Crippen LogP contribution in [-0.2, 0) is 10.2 Å². The van der Waals surface area contributed by atoms with Crippen LogP contribution in [0.25, 0.3) is 0 Å². The van der Waals surface area contributed by atoms with Gasteiger partial charge < -0.3 is 10.5 Å². The second-order valence-electron chi connectivity index (χ2n) is 9.60. The van der Waals surface area contributed by atoms with E-state index in [1.165, 1.54) is 0 Å². The summed E-state index contributed by atoms with van der Waals surface area (Å²) in [5, 5.41) is 0. The van der Waals surface area contributed by atoms with Crippen molar-refractivity contribution >= 4 is 5.91 Å². The molecule has 1 amide bonds. The number of benzene rings is 3. The molecule has 0 aromatic heterocycles. The van der Waals surface area contributed by atoms with Crippen LogP contribution in [0.3, 0.4) is 0 Å². The minimum absolute atomic E-state index is 0.0982. The van der Waals surface area contributed by atoms with Crippen LogP contribution in [0.2, 0.25) is 0 Å². The van der Waals surface area contributed by atoms with E-state index in [2.05, 4.69) is 18.7 Å². The first-order chi connectivity index (χ1) is 16.9. The molecule has 35 heavy (non-hydrogen) atoms. The quantitative estimate of drug-likeness (QED) is 0.404. The molecule has 4 heteroatoms. The number of nitrogens with two attached hydrogens (primary N) is 1. The number of nitrogens with zero attached hydrogens (tertiary/aromatic N) is 1. The maximum Gasteiger partial charge on any atom is 0.232 e. The van der Waals surface area contributed by atoms with E-state index in [1.807, 2.05) is 105 Å². The number of primary amides is 1. The number of hydrogen-bond acceptors (Lipinski definition) is 3. The zero-order valence-corrected chi connectivity index (χ0v) is 21.6. The molecule has 1 aliphatic rings. The summed E-state index contributed by atoms with van der Waals surface area (Å²) >= 11 is 0. The Morgan fingerprint density at radius 1 is 0.857 bits per heavy atom. The number of likely N-dealkylation sites (tertiary alicyclic amines) is 1. The summed E-state index contributed by atoms with van der Waals surface area (Å²) in [5.41, 5.74) is 7.09. The third-order valence-corrected chi connectivity index (χ3v) is 7.11. The van der Waals surface area contributed by atoms with Crippen LogP contribution in [-0.4, -0.2) is 35.5 Å². The average Bonchev–Trinajstić information content (AvgIpc) is 3.37. The lowest BCUT2D eigenvalue weighted by Gasteiger charge is -2.40. The van der Waals surface area contributed by atoms with Gasteiger partial charge in [0.05, 0.1) is 5.41 Å². The average molecular weight is 473 g/mol. The molecule has 1 fully saturated rings. The molecule has 4 nitrogen and oxygen atoms in total. The molecule has 1 saturated heterocycles. The summed E-state index contributed by atoms with van der Waals surface area (Å²) in [5.74, 6) is 0.616. The molecular formula is C31H40N2O2. The first-order valence-electron chi connectivity index (χ1n) is 12.8. The van der Waals surface area contributed by atoms with Crippen molar-refractivity contribution < 1.29 is 9.53 Å². The summed E-state index contributed by atoms with van der Waals surface area (Å²) in [6.45, 7) is 10.4. The van der Waals surface area contributed by atoms with E-state index >= 15 is 0 Å². The van der Waals surface area contributed by atoms with Gasteiger partial charge in [0.25, 0.3) is 0 Å². The normalized spacial score (nSPS) is 16.3. The Labute approximate surface area is 211 Å². The summed E-state index contributed by atoms with van der Waals surface area (Å²) in [4.78, 5) is 15.6. The fraction of sp³-hybridized carbons (Fsp3) is 0.387. The van der Waals surface area contributed by atoms with Crippen molar-refractivity contribution in [1.29, 1.82) is 0 Å².